The van der Waals surface area contributed by atoms with Crippen LogP contribution in [0.3, 0.4) is 0 Å². The molecule has 9 aromatic rings. The second kappa shape index (κ2) is 12.4. The molecule has 1 aliphatic heterocycles. The van der Waals surface area contributed by atoms with Crippen LogP contribution >= 0.6 is 12.6 Å². The first kappa shape index (κ1) is 32.2. The molecule has 0 fully saturated rings. The number of aromatic nitrogens is 2. The number of hydrogen-bond acceptors (Lipinski definition) is 2. The van der Waals surface area contributed by atoms with Gasteiger partial charge in [0.2, 0.25) is 0 Å². The molecule has 1 aliphatic carbocycles. The number of benzene rings is 7. The first-order chi connectivity index (χ1) is 27.1. The van der Waals surface area contributed by atoms with E-state index in [9.17, 15) is 0 Å². The molecule has 2 unspecified atom stereocenters. The summed E-state index contributed by atoms with van der Waals surface area (Å²) in [7, 11) is 0. The van der Waals surface area contributed by atoms with Gasteiger partial charge in [0.25, 0.3) is 0 Å². The fourth-order valence-electron chi connectivity index (χ4n) is 9.70. The van der Waals surface area contributed by atoms with Crippen LogP contribution < -0.4 is 4.90 Å². The van der Waals surface area contributed by atoms with Crippen LogP contribution in [0.25, 0.3) is 66.1 Å². The SMILES string of the molecule is CC12C=CC=CC1c1ccccc1N2c1cccc(-c2ccc3c(c2)c2cc(-n4c5ccccc5c5c(CCS)cccc54)ccc2n3-c2ccccc2)c1. The fraction of sp³-hybridized carbons (Fsp3) is 0.0980. The van der Waals surface area contributed by atoms with E-state index in [1.165, 1.54) is 77.2 Å². The van der Waals surface area contributed by atoms with Gasteiger partial charge in [0, 0.05) is 50.2 Å². The maximum Gasteiger partial charge on any atom is 0.0712 e. The Morgan fingerprint density at radius 3 is 2.13 bits per heavy atom. The van der Waals surface area contributed by atoms with E-state index in [0.717, 1.165) is 23.5 Å². The Morgan fingerprint density at radius 2 is 1.24 bits per heavy atom. The minimum Gasteiger partial charge on any atom is -0.331 e. The number of nitrogens with zero attached hydrogens (tertiary/aromatic N) is 3. The van der Waals surface area contributed by atoms with E-state index in [1.807, 2.05) is 0 Å². The lowest BCUT2D eigenvalue weighted by Crippen LogP contribution is -2.41. The van der Waals surface area contributed by atoms with Crippen molar-refractivity contribution < 1.29 is 0 Å². The third kappa shape index (κ3) is 4.77. The largest absolute Gasteiger partial charge is 0.331 e. The van der Waals surface area contributed by atoms with E-state index in [1.54, 1.807) is 0 Å². The third-order valence-corrected chi connectivity index (χ3v) is 12.3. The molecule has 2 aliphatic rings. The van der Waals surface area contributed by atoms with E-state index >= 15 is 0 Å². The second-order valence-corrected chi connectivity index (χ2v) is 15.6. The molecule has 3 nitrogen and oxygen atoms in total. The van der Waals surface area contributed by atoms with Gasteiger partial charge in [-0.05, 0) is 114 Å². The number of thiol groups is 1. The number of para-hydroxylation sites is 3. The number of anilines is 2. The summed E-state index contributed by atoms with van der Waals surface area (Å²) in [4.78, 5) is 2.54. The summed E-state index contributed by atoms with van der Waals surface area (Å²) >= 11 is 4.61. The van der Waals surface area contributed by atoms with E-state index in [0.29, 0.717) is 5.92 Å². The second-order valence-electron chi connectivity index (χ2n) is 15.1. The van der Waals surface area contributed by atoms with Crippen molar-refractivity contribution in [2.24, 2.45) is 0 Å². The highest BCUT2D eigenvalue weighted by Crippen LogP contribution is 2.54. The standard InChI is InChI=1S/C51H39N3S/c1-51-29-10-9-20-44(51)40-18-5-8-22-48(40)54(51)39-17-11-14-35(31-39)36-24-26-46-42(32-36)43-33-38(25-27-47(43)52(46)37-15-3-2-4-16-37)53-45-21-7-6-19-41(45)50-34(28-30-55)13-12-23-49(50)53/h2-27,29,31-33,44,55H,28,30H2,1H3. The van der Waals surface area contributed by atoms with Crippen molar-refractivity contribution in [1.29, 1.82) is 0 Å². The van der Waals surface area contributed by atoms with Gasteiger partial charge in [-0.15, -0.1) is 0 Å². The third-order valence-electron chi connectivity index (χ3n) is 12.1. The molecule has 264 valence electrons. The maximum atomic E-state index is 4.61. The number of aryl methyl sites for hydroxylation is 1. The summed E-state index contributed by atoms with van der Waals surface area (Å²) in [5.41, 5.74) is 14.6. The van der Waals surface area contributed by atoms with Gasteiger partial charge >= 0.3 is 0 Å². The summed E-state index contributed by atoms with van der Waals surface area (Å²) in [5, 5.41) is 5.07. The molecule has 2 atom stereocenters. The molecule has 4 heteroatoms. The summed E-state index contributed by atoms with van der Waals surface area (Å²) < 4.78 is 4.86. The molecule has 2 aromatic heterocycles. The van der Waals surface area contributed by atoms with Crippen molar-refractivity contribution in [2.75, 3.05) is 10.7 Å². The molecule has 0 saturated heterocycles. The van der Waals surface area contributed by atoms with Crippen LogP contribution in [-0.4, -0.2) is 20.4 Å². The summed E-state index contributed by atoms with van der Waals surface area (Å²) in [5.74, 6) is 1.12. The van der Waals surface area contributed by atoms with Crippen LogP contribution in [0.4, 0.5) is 11.4 Å². The minimum absolute atomic E-state index is 0.180. The highest BCUT2D eigenvalue weighted by molar-refractivity contribution is 7.80. The molecule has 0 bridgehead atoms. The van der Waals surface area contributed by atoms with E-state index < -0.39 is 0 Å². The van der Waals surface area contributed by atoms with Crippen LogP contribution in [0.5, 0.6) is 0 Å². The molecule has 55 heavy (non-hydrogen) atoms. The van der Waals surface area contributed by atoms with Crippen LogP contribution in [0, 0.1) is 0 Å². The predicted octanol–water partition coefficient (Wildman–Crippen LogP) is 13.1. The van der Waals surface area contributed by atoms with Gasteiger partial charge in [-0.25, -0.2) is 0 Å². The van der Waals surface area contributed by atoms with Gasteiger partial charge in [-0.3, -0.25) is 0 Å². The Labute approximate surface area is 326 Å². The lowest BCUT2D eigenvalue weighted by molar-refractivity contribution is 0.542. The molecule has 11 rings (SSSR count). The molecule has 0 radical (unpaired) electrons. The summed E-state index contributed by atoms with van der Waals surface area (Å²) in [6.07, 6.45) is 10.0. The zero-order chi connectivity index (χ0) is 36.7. The smallest absolute Gasteiger partial charge is 0.0712 e. The highest BCUT2D eigenvalue weighted by Gasteiger charge is 2.46. The number of fused-ring (bicyclic) bond motifs is 9. The molecule has 0 saturated carbocycles. The number of rotatable bonds is 6. The van der Waals surface area contributed by atoms with Crippen molar-refractivity contribution in [3.8, 4) is 22.5 Å². The maximum absolute atomic E-state index is 4.61. The van der Waals surface area contributed by atoms with Gasteiger partial charge < -0.3 is 14.0 Å². The minimum atomic E-state index is -0.180. The van der Waals surface area contributed by atoms with Crippen LogP contribution in [0.1, 0.15) is 24.0 Å². The van der Waals surface area contributed by atoms with Crippen molar-refractivity contribution in [2.45, 2.75) is 24.8 Å². The monoisotopic (exact) mass is 725 g/mol. The summed E-state index contributed by atoms with van der Waals surface area (Å²) in [6.45, 7) is 2.37. The van der Waals surface area contributed by atoms with Crippen LogP contribution in [-0.2, 0) is 6.42 Å². The van der Waals surface area contributed by atoms with E-state index in [-0.39, 0.29) is 5.54 Å². The van der Waals surface area contributed by atoms with Crippen molar-refractivity contribution in [3.63, 3.8) is 0 Å². The van der Waals surface area contributed by atoms with Crippen molar-refractivity contribution in [1.82, 2.24) is 9.13 Å². The topological polar surface area (TPSA) is 13.1 Å². The molecular formula is C51H39N3S. The lowest BCUT2D eigenvalue weighted by atomic mass is 9.80. The first-order valence-corrected chi connectivity index (χ1v) is 19.9. The Hall–Kier alpha value is -6.23. The Bertz CT molecular complexity index is 3040. The zero-order valence-corrected chi connectivity index (χ0v) is 31.5. The van der Waals surface area contributed by atoms with Crippen molar-refractivity contribution >= 4 is 67.6 Å². The number of allylic oxidation sites excluding steroid dienone is 2. The fourth-order valence-corrected chi connectivity index (χ4v) is 9.94. The average Bonchev–Trinajstić information content (AvgIpc) is 3.84. The Balaban J connectivity index is 1.11. The normalized spacial score (nSPS) is 17.5. The molecule has 7 aromatic carbocycles. The molecule has 0 N–H and O–H groups in total. The quantitative estimate of drug-likeness (QED) is 0.168. The lowest BCUT2D eigenvalue weighted by Gasteiger charge is -2.39. The van der Waals surface area contributed by atoms with Gasteiger partial charge in [0.05, 0.1) is 27.6 Å². The highest BCUT2D eigenvalue weighted by atomic mass is 32.1. The summed E-state index contributed by atoms with van der Waals surface area (Å²) in [6, 6.07) is 58.3. The van der Waals surface area contributed by atoms with Gasteiger partial charge in [-0.2, -0.15) is 12.6 Å². The molecule has 0 spiro atoms. The van der Waals surface area contributed by atoms with Gasteiger partial charge in [0.15, 0.2) is 0 Å². The molecular weight excluding hydrogens is 687 g/mol. The number of hydrogen-bond donors (Lipinski definition) is 1. The predicted molar refractivity (Wildman–Crippen MR) is 236 cm³/mol. The molecule has 0 amide bonds. The van der Waals surface area contributed by atoms with Crippen LogP contribution in [0.2, 0.25) is 0 Å². The van der Waals surface area contributed by atoms with Gasteiger partial charge in [0.1, 0.15) is 0 Å². The Kier molecular flexibility index (Phi) is 7.27. The van der Waals surface area contributed by atoms with Gasteiger partial charge in [-0.1, -0.05) is 109 Å². The van der Waals surface area contributed by atoms with E-state index in [2.05, 4.69) is 216 Å². The van der Waals surface area contributed by atoms with E-state index in [4.69, 9.17) is 0 Å². The molecule has 3 heterocycles. The van der Waals surface area contributed by atoms with Crippen molar-refractivity contribution in [3.05, 3.63) is 193 Å². The first-order valence-electron chi connectivity index (χ1n) is 19.2. The zero-order valence-electron chi connectivity index (χ0n) is 30.6. The Morgan fingerprint density at radius 1 is 0.545 bits per heavy atom. The van der Waals surface area contributed by atoms with Crippen LogP contribution in [0.15, 0.2) is 182 Å². The average molecular weight is 726 g/mol.